The summed E-state index contributed by atoms with van der Waals surface area (Å²) in [5.74, 6) is 0.421. The Morgan fingerprint density at radius 1 is 1.23 bits per heavy atom. The highest BCUT2D eigenvalue weighted by atomic mass is 19.4. The fourth-order valence-electron chi connectivity index (χ4n) is 5.94. The molecule has 202 valence electrons. The molecular weight excluding hydrogens is 516 g/mol. The Balaban J connectivity index is 1.29. The lowest BCUT2D eigenvalue weighted by atomic mass is 9.85. The molecule has 5 aliphatic rings. The van der Waals surface area contributed by atoms with Crippen molar-refractivity contribution in [1.82, 2.24) is 20.1 Å². The number of aromatic nitrogens is 1. The molecule has 1 aromatic carbocycles. The van der Waals surface area contributed by atoms with Crippen LogP contribution in [0.15, 0.2) is 40.6 Å². The maximum atomic E-state index is 14.7. The molecule has 0 radical (unpaired) electrons. The predicted molar refractivity (Wildman–Crippen MR) is 133 cm³/mol. The van der Waals surface area contributed by atoms with Crippen LogP contribution in [0.5, 0.6) is 5.75 Å². The van der Waals surface area contributed by atoms with E-state index in [1.807, 2.05) is 0 Å². The maximum absolute atomic E-state index is 14.7. The Morgan fingerprint density at radius 3 is 2.85 bits per heavy atom. The van der Waals surface area contributed by atoms with Crippen molar-refractivity contribution in [3.8, 4) is 5.75 Å². The SMILES string of the molecule is O=C1C2N=CN3C(=NCc4c(F)ccc5c4CCO5)NC=C(c4cnc(C(F)(F)F)cc4CN1C1CCC1)C23. The van der Waals surface area contributed by atoms with Crippen molar-refractivity contribution in [2.24, 2.45) is 9.98 Å². The van der Waals surface area contributed by atoms with Gasteiger partial charge in [0.15, 0.2) is 6.04 Å². The molecule has 2 aromatic rings. The monoisotopic (exact) mass is 540 g/mol. The molecule has 4 aliphatic heterocycles. The van der Waals surface area contributed by atoms with Crippen LogP contribution < -0.4 is 10.1 Å². The van der Waals surface area contributed by atoms with Crippen molar-refractivity contribution in [3.63, 3.8) is 0 Å². The van der Waals surface area contributed by atoms with E-state index in [0.717, 1.165) is 30.9 Å². The second-order valence-corrected chi connectivity index (χ2v) is 10.3. The molecule has 12 heteroatoms. The number of guanidine groups is 1. The molecule has 2 unspecified atom stereocenters. The molecule has 1 fully saturated rings. The van der Waals surface area contributed by atoms with Gasteiger partial charge in [-0.2, -0.15) is 13.2 Å². The number of benzene rings is 1. The van der Waals surface area contributed by atoms with Gasteiger partial charge in [-0.05, 0) is 43.0 Å². The van der Waals surface area contributed by atoms with Gasteiger partial charge in [-0.15, -0.1) is 0 Å². The van der Waals surface area contributed by atoms with Crippen molar-refractivity contribution in [1.29, 1.82) is 0 Å². The molecule has 1 amide bonds. The highest BCUT2D eigenvalue weighted by molar-refractivity contribution is 6.03. The summed E-state index contributed by atoms with van der Waals surface area (Å²) in [6.45, 7) is 0.584. The topological polar surface area (TPSA) is 82.4 Å². The van der Waals surface area contributed by atoms with Crippen LogP contribution in [0.4, 0.5) is 17.6 Å². The molecule has 7 rings (SSSR count). The number of aliphatic imine (C=N–C) groups is 2. The molecule has 5 heterocycles. The van der Waals surface area contributed by atoms with Crippen molar-refractivity contribution in [2.75, 3.05) is 6.61 Å². The van der Waals surface area contributed by atoms with Gasteiger partial charge in [0.25, 0.3) is 5.91 Å². The zero-order valence-corrected chi connectivity index (χ0v) is 20.7. The average Bonchev–Trinajstić information content (AvgIpc) is 3.53. The van der Waals surface area contributed by atoms with E-state index in [2.05, 4.69) is 20.3 Å². The summed E-state index contributed by atoms with van der Waals surface area (Å²) in [4.78, 5) is 30.1. The van der Waals surface area contributed by atoms with Gasteiger partial charge in [0, 0.05) is 53.7 Å². The first kappa shape index (κ1) is 24.1. The minimum absolute atomic E-state index is 0.0390. The fourth-order valence-corrected chi connectivity index (χ4v) is 5.94. The zero-order valence-electron chi connectivity index (χ0n) is 20.7. The highest BCUT2D eigenvalue weighted by Crippen LogP contribution is 2.40. The quantitative estimate of drug-likeness (QED) is 0.602. The average molecular weight is 541 g/mol. The van der Waals surface area contributed by atoms with E-state index < -0.39 is 24.0 Å². The Kier molecular flexibility index (Phi) is 5.43. The third-order valence-electron chi connectivity index (χ3n) is 8.18. The third-order valence-corrected chi connectivity index (χ3v) is 8.18. The molecule has 1 aliphatic carbocycles. The molecule has 2 atom stereocenters. The number of amides is 1. The van der Waals surface area contributed by atoms with E-state index in [1.54, 1.807) is 22.1 Å². The van der Waals surface area contributed by atoms with Gasteiger partial charge >= 0.3 is 6.18 Å². The second kappa shape index (κ2) is 8.78. The van der Waals surface area contributed by atoms with E-state index in [4.69, 9.17) is 4.74 Å². The van der Waals surface area contributed by atoms with Crippen LogP contribution in [0.1, 0.15) is 47.2 Å². The van der Waals surface area contributed by atoms with Gasteiger partial charge in [-0.3, -0.25) is 19.7 Å². The summed E-state index contributed by atoms with van der Waals surface area (Å²) in [6.07, 6.45) is 2.97. The number of nitrogens with one attached hydrogen (secondary N) is 1. The van der Waals surface area contributed by atoms with Gasteiger partial charge in [0.1, 0.15) is 17.3 Å². The van der Waals surface area contributed by atoms with Crippen LogP contribution in [0.3, 0.4) is 0 Å². The molecule has 0 spiro atoms. The van der Waals surface area contributed by atoms with Gasteiger partial charge in [0.05, 0.1) is 25.5 Å². The number of halogens is 4. The van der Waals surface area contributed by atoms with Gasteiger partial charge in [0.2, 0.25) is 5.96 Å². The molecular formula is C27H24F4N6O2. The third kappa shape index (κ3) is 3.87. The summed E-state index contributed by atoms with van der Waals surface area (Å²) >= 11 is 0. The first-order valence-electron chi connectivity index (χ1n) is 12.9. The number of hydrogen-bond acceptors (Lipinski definition) is 5. The Bertz CT molecular complexity index is 1460. The van der Waals surface area contributed by atoms with E-state index in [9.17, 15) is 22.4 Å². The molecule has 39 heavy (non-hydrogen) atoms. The number of pyridine rings is 1. The van der Waals surface area contributed by atoms with Crippen LogP contribution in [0, 0.1) is 5.82 Å². The predicted octanol–water partition coefficient (Wildman–Crippen LogP) is 3.65. The van der Waals surface area contributed by atoms with Crippen molar-refractivity contribution < 1.29 is 27.1 Å². The van der Waals surface area contributed by atoms with Crippen molar-refractivity contribution in [3.05, 3.63) is 64.4 Å². The number of rotatable bonds is 3. The van der Waals surface area contributed by atoms with Crippen LogP contribution >= 0.6 is 0 Å². The van der Waals surface area contributed by atoms with Crippen LogP contribution in [0.25, 0.3) is 5.57 Å². The number of fused-ring (bicyclic) bond motifs is 3. The lowest BCUT2D eigenvalue weighted by molar-refractivity contribution is -0.141. The normalized spacial score (nSPS) is 24.8. The number of carbonyl (C=O) groups excluding carboxylic acids is 1. The highest BCUT2D eigenvalue weighted by Gasteiger charge is 2.48. The number of carbonyl (C=O) groups is 1. The van der Waals surface area contributed by atoms with Crippen LogP contribution in [-0.2, 0) is 30.5 Å². The smallest absolute Gasteiger partial charge is 0.433 e. The van der Waals surface area contributed by atoms with E-state index in [1.165, 1.54) is 18.6 Å². The largest absolute Gasteiger partial charge is 0.493 e. The van der Waals surface area contributed by atoms with E-state index in [0.29, 0.717) is 47.0 Å². The van der Waals surface area contributed by atoms with Crippen molar-refractivity contribution >= 4 is 23.8 Å². The molecule has 0 bridgehead atoms. The lowest BCUT2D eigenvalue weighted by Crippen LogP contribution is -2.56. The lowest BCUT2D eigenvalue weighted by Gasteiger charge is -2.43. The summed E-state index contributed by atoms with van der Waals surface area (Å²) in [5.41, 5.74) is 1.76. The molecule has 8 nitrogen and oxygen atoms in total. The number of hydrogen-bond donors (Lipinski definition) is 1. The Hall–Kier alpha value is -3.96. The van der Waals surface area contributed by atoms with Crippen molar-refractivity contribution in [2.45, 2.75) is 63.1 Å². The Morgan fingerprint density at radius 2 is 2.08 bits per heavy atom. The van der Waals surface area contributed by atoms with E-state index in [-0.39, 0.29) is 30.9 Å². The standard InChI is InChI=1S/C27H24F4N6O2/c28-20-4-5-21-16(6-7-39-21)18(20)10-33-26-34-11-19-17-9-32-22(27(29,30)31)8-14(17)12-36(15-2-1-3-15)25(38)23-24(19)37(26)13-35-23/h4-5,8-9,11,13,15,23-24H,1-3,6-7,10,12H2,(H,33,34). The van der Waals surface area contributed by atoms with Crippen LogP contribution in [0.2, 0.25) is 0 Å². The summed E-state index contributed by atoms with van der Waals surface area (Å²) in [6, 6.07) is 2.57. The first-order chi connectivity index (χ1) is 18.8. The number of nitrogens with zero attached hydrogens (tertiary/aromatic N) is 5. The number of alkyl halides is 3. The minimum atomic E-state index is -4.61. The van der Waals surface area contributed by atoms with E-state index >= 15 is 0 Å². The number of ether oxygens (including phenoxy) is 1. The van der Waals surface area contributed by atoms with Gasteiger partial charge < -0.3 is 15.0 Å². The van der Waals surface area contributed by atoms with Crippen LogP contribution in [-0.4, -0.2) is 57.7 Å². The molecule has 1 saturated carbocycles. The van der Waals surface area contributed by atoms with Gasteiger partial charge in [-0.25, -0.2) is 9.38 Å². The summed E-state index contributed by atoms with van der Waals surface area (Å²) in [5, 5.41) is 3.10. The summed E-state index contributed by atoms with van der Waals surface area (Å²) in [7, 11) is 0. The summed E-state index contributed by atoms with van der Waals surface area (Å²) < 4.78 is 60.9. The molecule has 1 aromatic heterocycles. The zero-order chi connectivity index (χ0) is 26.9. The first-order valence-corrected chi connectivity index (χ1v) is 12.9. The Labute approximate surface area is 221 Å². The fraction of sp³-hybridized carbons (Fsp3) is 0.407. The molecule has 0 saturated heterocycles. The maximum Gasteiger partial charge on any atom is 0.433 e. The van der Waals surface area contributed by atoms with Gasteiger partial charge in [-0.1, -0.05) is 0 Å². The molecule has 1 N–H and O–H groups in total. The minimum Gasteiger partial charge on any atom is -0.493 e. The second-order valence-electron chi connectivity index (χ2n) is 10.3.